The van der Waals surface area contributed by atoms with Gasteiger partial charge in [-0.05, 0) is 41.1 Å². The molecular formula is C16H12BrClN2O3. The van der Waals surface area contributed by atoms with Crippen LogP contribution in [0.4, 0.5) is 0 Å². The lowest BCUT2D eigenvalue weighted by molar-refractivity contribution is 0.0145. The van der Waals surface area contributed by atoms with E-state index in [1.165, 1.54) is 13.1 Å². The van der Waals surface area contributed by atoms with Crippen molar-refractivity contribution in [3.05, 3.63) is 62.8 Å². The zero-order chi connectivity index (χ0) is 16.8. The Kier molecular flexibility index (Phi) is 4.00. The topological polar surface area (TPSA) is 70.5 Å². The lowest BCUT2D eigenvalue weighted by Gasteiger charge is -2.28. The van der Waals surface area contributed by atoms with Gasteiger partial charge in [0, 0.05) is 10.7 Å². The number of β-amino-alcohol motifs (C(OH)–C–C–N with tert-alkyl or cyclic N) is 1. The molecule has 0 fully saturated rings. The number of pyridine rings is 1. The fraction of sp³-hybridized carbons (Fsp3) is 0.188. The highest BCUT2D eigenvalue weighted by Gasteiger charge is 2.40. The number of halogens is 2. The van der Waals surface area contributed by atoms with Crippen molar-refractivity contribution in [3.63, 3.8) is 0 Å². The Balaban J connectivity index is 1.93. The molecule has 0 aliphatic carbocycles. The molecule has 0 saturated heterocycles. The van der Waals surface area contributed by atoms with Gasteiger partial charge in [-0.15, -0.1) is 0 Å². The van der Waals surface area contributed by atoms with Crippen LogP contribution in [0.15, 0.2) is 41.0 Å². The SMILES string of the molecule is CC(O)(CN1C(=O)c2ccccc2C1=O)c1ncc(Br)cc1Cl. The Morgan fingerprint density at radius 3 is 2.35 bits per heavy atom. The van der Waals surface area contributed by atoms with Gasteiger partial charge >= 0.3 is 0 Å². The Morgan fingerprint density at radius 1 is 1.26 bits per heavy atom. The minimum absolute atomic E-state index is 0.207. The molecule has 7 heteroatoms. The monoisotopic (exact) mass is 394 g/mol. The number of carbonyl (C=O) groups is 2. The smallest absolute Gasteiger partial charge is 0.261 e. The number of hydrogen-bond donors (Lipinski definition) is 1. The Morgan fingerprint density at radius 2 is 1.83 bits per heavy atom. The number of amides is 2. The highest BCUT2D eigenvalue weighted by Crippen LogP contribution is 2.31. The van der Waals surface area contributed by atoms with Crippen LogP contribution in [-0.2, 0) is 5.60 Å². The Labute approximate surface area is 146 Å². The molecule has 1 aliphatic heterocycles. The van der Waals surface area contributed by atoms with E-state index >= 15 is 0 Å². The highest BCUT2D eigenvalue weighted by molar-refractivity contribution is 9.10. The first-order valence-electron chi connectivity index (χ1n) is 6.80. The molecule has 1 N–H and O–H groups in total. The molecule has 1 atom stereocenters. The number of imide groups is 1. The summed E-state index contributed by atoms with van der Waals surface area (Å²) in [5, 5.41) is 11.0. The van der Waals surface area contributed by atoms with Crippen molar-refractivity contribution in [3.8, 4) is 0 Å². The second kappa shape index (κ2) is 5.70. The molecule has 2 amide bonds. The quantitative estimate of drug-likeness (QED) is 0.811. The van der Waals surface area contributed by atoms with Crippen LogP contribution in [0.25, 0.3) is 0 Å². The molecule has 3 rings (SSSR count). The fourth-order valence-corrected chi connectivity index (χ4v) is 3.41. The Hall–Kier alpha value is -1.76. The van der Waals surface area contributed by atoms with E-state index in [4.69, 9.17) is 11.6 Å². The van der Waals surface area contributed by atoms with Gasteiger partial charge < -0.3 is 5.11 Å². The molecule has 0 radical (unpaired) electrons. The molecule has 0 spiro atoms. The van der Waals surface area contributed by atoms with Crippen molar-refractivity contribution in [2.45, 2.75) is 12.5 Å². The second-order valence-corrected chi connectivity index (χ2v) is 6.82. The minimum Gasteiger partial charge on any atom is -0.382 e. The van der Waals surface area contributed by atoms with Gasteiger partial charge in [0.25, 0.3) is 11.8 Å². The molecule has 1 aromatic carbocycles. The van der Waals surface area contributed by atoms with Gasteiger partial charge in [0.15, 0.2) is 0 Å². The van der Waals surface area contributed by atoms with Gasteiger partial charge in [-0.25, -0.2) is 0 Å². The van der Waals surface area contributed by atoms with E-state index in [1.54, 1.807) is 30.3 Å². The second-order valence-electron chi connectivity index (χ2n) is 5.50. The summed E-state index contributed by atoms with van der Waals surface area (Å²) >= 11 is 9.36. The summed E-state index contributed by atoms with van der Waals surface area (Å²) in [6.45, 7) is 1.24. The van der Waals surface area contributed by atoms with Crippen molar-refractivity contribution >= 4 is 39.3 Å². The van der Waals surface area contributed by atoms with E-state index in [1.807, 2.05) is 0 Å². The largest absolute Gasteiger partial charge is 0.382 e. The van der Waals surface area contributed by atoms with Crippen LogP contribution in [0, 0.1) is 0 Å². The van der Waals surface area contributed by atoms with E-state index in [-0.39, 0.29) is 17.3 Å². The molecule has 1 aromatic heterocycles. The minimum atomic E-state index is -1.56. The van der Waals surface area contributed by atoms with Gasteiger partial charge in [0.05, 0.1) is 28.4 Å². The number of fused-ring (bicyclic) bond motifs is 1. The third kappa shape index (κ3) is 2.78. The van der Waals surface area contributed by atoms with Crippen LogP contribution in [0.3, 0.4) is 0 Å². The van der Waals surface area contributed by atoms with Crippen LogP contribution in [-0.4, -0.2) is 33.3 Å². The van der Waals surface area contributed by atoms with Gasteiger partial charge in [-0.1, -0.05) is 23.7 Å². The third-order valence-electron chi connectivity index (χ3n) is 3.66. The van der Waals surface area contributed by atoms with Crippen LogP contribution >= 0.6 is 27.5 Å². The molecule has 1 aliphatic rings. The maximum atomic E-state index is 12.4. The number of rotatable bonds is 3. The molecule has 0 saturated carbocycles. The number of hydrogen-bond acceptors (Lipinski definition) is 4. The average molecular weight is 396 g/mol. The van der Waals surface area contributed by atoms with Gasteiger partial charge in [0.2, 0.25) is 0 Å². The summed E-state index contributed by atoms with van der Waals surface area (Å²) in [6, 6.07) is 8.17. The molecule has 0 bridgehead atoms. The van der Waals surface area contributed by atoms with Crippen molar-refractivity contribution in [1.29, 1.82) is 0 Å². The van der Waals surface area contributed by atoms with Crippen LogP contribution < -0.4 is 0 Å². The lowest BCUT2D eigenvalue weighted by Crippen LogP contribution is -2.42. The molecule has 2 aromatic rings. The summed E-state index contributed by atoms with van der Waals surface area (Å²) in [7, 11) is 0. The number of benzene rings is 1. The zero-order valence-corrected chi connectivity index (χ0v) is 14.4. The molecule has 2 heterocycles. The predicted molar refractivity (Wildman–Crippen MR) is 88.3 cm³/mol. The first-order valence-corrected chi connectivity index (χ1v) is 7.97. The van der Waals surface area contributed by atoms with E-state index in [9.17, 15) is 14.7 Å². The predicted octanol–water partition coefficient (Wildman–Crippen LogP) is 3.00. The van der Waals surface area contributed by atoms with Crippen molar-refractivity contribution in [2.24, 2.45) is 0 Å². The first-order chi connectivity index (χ1) is 10.8. The van der Waals surface area contributed by atoms with E-state index in [0.29, 0.717) is 15.6 Å². The molecule has 5 nitrogen and oxygen atoms in total. The average Bonchev–Trinajstić information content (AvgIpc) is 2.72. The lowest BCUT2D eigenvalue weighted by atomic mass is 10.0. The maximum absolute atomic E-state index is 12.4. The summed E-state index contributed by atoms with van der Waals surface area (Å²) in [5.74, 6) is -0.863. The van der Waals surface area contributed by atoms with Gasteiger partial charge in [-0.2, -0.15) is 0 Å². The fourth-order valence-electron chi connectivity index (χ4n) is 2.58. The van der Waals surface area contributed by atoms with Crippen molar-refractivity contribution in [2.75, 3.05) is 6.54 Å². The molecular weight excluding hydrogens is 384 g/mol. The molecule has 1 unspecified atom stereocenters. The highest BCUT2D eigenvalue weighted by atomic mass is 79.9. The van der Waals surface area contributed by atoms with E-state index in [2.05, 4.69) is 20.9 Å². The molecule has 23 heavy (non-hydrogen) atoms. The van der Waals surface area contributed by atoms with Crippen molar-refractivity contribution < 1.29 is 14.7 Å². The maximum Gasteiger partial charge on any atom is 0.261 e. The van der Waals surface area contributed by atoms with E-state index < -0.39 is 17.4 Å². The summed E-state index contributed by atoms with van der Waals surface area (Å²) in [5.41, 5.74) is -0.684. The normalized spacial score (nSPS) is 16.4. The number of aromatic nitrogens is 1. The van der Waals surface area contributed by atoms with Crippen LogP contribution in [0.2, 0.25) is 5.02 Å². The standard InChI is InChI=1S/C16H12BrClN2O3/c1-16(23,13-12(18)6-9(17)7-19-13)8-20-14(21)10-4-2-3-5-11(10)15(20)22/h2-7,23H,8H2,1H3. The summed E-state index contributed by atoms with van der Waals surface area (Å²) < 4.78 is 0.669. The zero-order valence-electron chi connectivity index (χ0n) is 12.1. The summed E-state index contributed by atoms with van der Waals surface area (Å²) in [4.78, 5) is 29.9. The van der Waals surface area contributed by atoms with Crippen LogP contribution in [0.5, 0.6) is 0 Å². The number of carbonyl (C=O) groups excluding carboxylic acids is 2. The van der Waals surface area contributed by atoms with E-state index in [0.717, 1.165) is 4.90 Å². The third-order valence-corrected chi connectivity index (χ3v) is 4.38. The van der Waals surface area contributed by atoms with Gasteiger partial charge in [0.1, 0.15) is 5.60 Å². The van der Waals surface area contributed by atoms with Gasteiger partial charge in [-0.3, -0.25) is 19.5 Å². The summed E-state index contributed by atoms with van der Waals surface area (Å²) in [6.07, 6.45) is 1.50. The van der Waals surface area contributed by atoms with Crippen molar-refractivity contribution in [1.82, 2.24) is 9.88 Å². The number of nitrogens with zero attached hydrogens (tertiary/aromatic N) is 2. The first kappa shape index (κ1) is 16.1. The molecule has 118 valence electrons. The van der Waals surface area contributed by atoms with Crippen LogP contribution in [0.1, 0.15) is 33.3 Å². The number of aliphatic hydroxyl groups is 1. The Bertz CT molecular complexity index is 788.